The minimum absolute atomic E-state index is 0.532. The third-order valence-electron chi connectivity index (χ3n) is 8.57. The summed E-state index contributed by atoms with van der Waals surface area (Å²) in [4.78, 5) is 0. The van der Waals surface area contributed by atoms with Gasteiger partial charge in [0.2, 0.25) is 0 Å². The minimum atomic E-state index is -0.627. The first-order valence-electron chi connectivity index (χ1n) is 14.6. The molecule has 0 radical (unpaired) electrons. The van der Waals surface area contributed by atoms with Crippen molar-refractivity contribution in [1.29, 1.82) is 0 Å². The van der Waals surface area contributed by atoms with E-state index in [0.717, 1.165) is 30.6 Å². The first kappa shape index (κ1) is 26.4. The second-order valence-electron chi connectivity index (χ2n) is 11.3. The van der Waals surface area contributed by atoms with Crippen LogP contribution in [0.5, 0.6) is 0 Å². The average Bonchev–Trinajstić information content (AvgIpc) is 2.91. The molecule has 35 heavy (non-hydrogen) atoms. The molecule has 1 aliphatic heterocycles. The van der Waals surface area contributed by atoms with Crippen LogP contribution >= 0.6 is 0 Å². The molecule has 2 aliphatic rings. The molecule has 0 N–H and O–H groups in total. The van der Waals surface area contributed by atoms with Gasteiger partial charge < -0.3 is 9.47 Å². The first-order chi connectivity index (χ1) is 17.1. The Morgan fingerprint density at radius 2 is 1.26 bits per heavy atom. The number of hydrogen-bond donors (Lipinski definition) is 0. The van der Waals surface area contributed by atoms with Gasteiger partial charge in [-0.25, -0.2) is 0 Å². The standard InChI is InChI=1S/C33H48O2/c1-4-6-7-8-9-11-27-24-34-33(3,35-25-27)32-22-20-31(21-23-32)30-18-16-29(17-19-30)28-14-12-26(10-5-2)13-15-28/h16-23,26-28H,4-15,24-25H2,1-3H3. The first-order valence-corrected chi connectivity index (χ1v) is 14.6. The van der Waals surface area contributed by atoms with Crippen molar-refractivity contribution >= 4 is 0 Å². The Bertz CT molecular complexity index is 853. The van der Waals surface area contributed by atoms with E-state index in [9.17, 15) is 0 Å². The van der Waals surface area contributed by atoms with E-state index >= 15 is 0 Å². The lowest BCUT2D eigenvalue weighted by molar-refractivity contribution is -0.282. The summed E-state index contributed by atoms with van der Waals surface area (Å²) in [5.41, 5.74) is 5.19. The molecule has 2 aromatic rings. The number of hydrogen-bond acceptors (Lipinski definition) is 2. The fraction of sp³-hybridized carbons (Fsp3) is 0.636. The van der Waals surface area contributed by atoms with Gasteiger partial charge in [-0.05, 0) is 67.6 Å². The van der Waals surface area contributed by atoms with Crippen LogP contribution in [0.1, 0.15) is 115 Å². The van der Waals surface area contributed by atoms with Gasteiger partial charge >= 0.3 is 0 Å². The maximum absolute atomic E-state index is 6.27. The van der Waals surface area contributed by atoms with Gasteiger partial charge in [0.15, 0.2) is 5.79 Å². The molecule has 0 amide bonds. The molecule has 2 fully saturated rings. The van der Waals surface area contributed by atoms with Crippen molar-refractivity contribution in [3.63, 3.8) is 0 Å². The van der Waals surface area contributed by atoms with Crippen LogP contribution < -0.4 is 0 Å². The molecule has 0 atom stereocenters. The van der Waals surface area contributed by atoms with Gasteiger partial charge in [0.1, 0.15) is 0 Å². The Labute approximate surface area is 214 Å². The summed E-state index contributed by atoms with van der Waals surface area (Å²) in [6.07, 6.45) is 16.1. The molecule has 0 unspecified atom stereocenters. The van der Waals surface area contributed by atoms with Crippen LogP contribution in [0.25, 0.3) is 11.1 Å². The van der Waals surface area contributed by atoms with Crippen molar-refractivity contribution in [3.8, 4) is 11.1 Å². The van der Waals surface area contributed by atoms with Crippen molar-refractivity contribution in [2.75, 3.05) is 13.2 Å². The van der Waals surface area contributed by atoms with Crippen LogP contribution in [0.3, 0.4) is 0 Å². The predicted molar refractivity (Wildman–Crippen MR) is 148 cm³/mol. The Morgan fingerprint density at radius 1 is 0.657 bits per heavy atom. The van der Waals surface area contributed by atoms with Crippen LogP contribution in [0.4, 0.5) is 0 Å². The van der Waals surface area contributed by atoms with Gasteiger partial charge in [0, 0.05) is 11.5 Å². The summed E-state index contributed by atoms with van der Waals surface area (Å²) in [6, 6.07) is 18.2. The van der Waals surface area contributed by atoms with E-state index in [1.807, 2.05) is 0 Å². The molecular formula is C33H48O2. The second-order valence-corrected chi connectivity index (χ2v) is 11.3. The topological polar surface area (TPSA) is 18.5 Å². The molecule has 2 nitrogen and oxygen atoms in total. The molecule has 0 aromatic heterocycles. The maximum Gasteiger partial charge on any atom is 0.191 e. The highest BCUT2D eigenvalue weighted by Crippen LogP contribution is 2.38. The Morgan fingerprint density at radius 3 is 1.86 bits per heavy atom. The highest BCUT2D eigenvalue weighted by Gasteiger charge is 2.34. The number of ether oxygens (including phenoxy) is 2. The van der Waals surface area contributed by atoms with Gasteiger partial charge in [-0.15, -0.1) is 0 Å². The number of benzene rings is 2. The van der Waals surface area contributed by atoms with Gasteiger partial charge in [-0.2, -0.15) is 0 Å². The third-order valence-corrected chi connectivity index (χ3v) is 8.57. The molecular weight excluding hydrogens is 428 g/mol. The molecule has 4 rings (SSSR count). The van der Waals surface area contributed by atoms with Crippen LogP contribution in [0.2, 0.25) is 0 Å². The molecule has 2 aromatic carbocycles. The van der Waals surface area contributed by atoms with Gasteiger partial charge in [-0.3, -0.25) is 0 Å². The molecule has 0 spiro atoms. The average molecular weight is 477 g/mol. The lowest BCUT2D eigenvalue weighted by atomic mass is 9.77. The summed E-state index contributed by atoms with van der Waals surface area (Å²) in [6.45, 7) is 8.26. The van der Waals surface area contributed by atoms with Crippen molar-refractivity contribution in [3.05, 3.63) is 59.7 Å². The van der Waals surface area contributed by atoms with Crippen molar-refractivity contribution in [2.24, 2.45) is 11.8 Å². The zero-order valence-electron chi connectivity index (χ0n) is 22.6. The van der Waals surface area contributed by atoms with E-state index in [0.29, 0.717) is 5.92 Å². The Kier molecular flexibility index (Phi) is 9.86. The zero-order chi connectivity index (χ0) is 24.5. The smallest absolute Gasteiger partial charge is 0.191 e. The normalized spacial score (nSPS) is 27.1. The molecule has 1 saturated carbocycles. The van der Waals surface area contributed by atoms with Crippen LogP contribution in [-0.2, 0) is 15.3 Å². The van der Waals surface area contributed by atoms with E-state index in [4.69, 9.17) is 9.47 Å². The molecule has 1 heterocycles. The van der Waals surface area contributed by atoms with Crippen molar-refractivity contribution in [2.45, 2.75) is 110 Å². The molecule has 2 heteroatoms. The maximum atomic E-state index is 6.27. The second kappa shape index (κ2) is 13.1. The van der Waals surface area contributed by atoms with Crippen molar-refractivity contribution < 1.29 is 9.47 Å². The summed E-state index contributed by atoms with van der Waals surface area (Å²) in [7, 11) is 0. The number of rotatable bonds is 11. The largest absolute Gasteiger partial charge is 0.346 e. The van der Waals surface area contributed by atoms with E-state index in [-0.39, 0.29) is 0 Å². The zero-order valence-corrected chi connectivity index (χ0v) is 22.6. The Hall–Kier alpha value is -1.64. The number of unbranched alkanes of at least 4 members (excludes halogenated alkanes) is 4. The highest BCUT2D eigenvalue weighted by atomic mass is 16.7. The lowest BCUT2D eigenvalue weighted by Crippen LogP contribution is -2.39. The fourth-order valence-corrected chi connectivity index (χ4v) is 6.12. The van der Waals surface area contributed by atoms with Crippen molar-refractivity contribution in [1.82, 2.24) is 0 Å². The monoisotopic (exact) mass is 476 g/mol. The van der Waals surface area contributed by atoms with Crippen LogP contribution in [0, 0.1) is 11.8 Å². The quantitative estimate of drug-likeness (QED) is 0.300. The van der Waals surface area contributed by atoms with E-state index in [1.54, 1.807) is 0 Å². The highest BCUT2D eigenvalue weighted by molar-refractivity contribution is 5.64. The lowest BCUT2D eigenvalue weighted by Gasteiger charge is -2.38. The van der Waals surface area contributed by atoms with E-state index < -0.39 is 5.79 Å². The summed E-state index contributed by atoms with van der Waals surface area (Å²) in [5.74, 6) is 1.62. The molecule has 192 valence electrons. The van der Waals surface area contributed by atoms with Gasteiger partial charge in [0.25, 0.3) is 0 Å². The Balaban J connectivity index is 1.28. The minimum Gasteiger partial charge on any atom is -0.346 e. The molecule has 0 bridgehead atoms. The van der Waals surface area contributed by atoms with E-state index in [2.05, 4.69) is 69.3 Å². The molecule has 1 aliphatic carbocycles. The summed E-state index contributed by atoms with van der Waals surface area (Å²) < 4.78 is 12.5. The third kappa shape index (κ3) is 7.20. The summed E-state index contributed by atoms with van der Waals surface area (Å²) >= 11 is 0. The van der Waals surface area contributed by atoms with E-state index in [1.165, 1.54) is 93.7 Å². The SMILES string of the molecule is CCCCCCCC1COC(C)(c2ccc(-c3ccc(C4CCC(CCC)CC4)cc3)cc2)OC1. The van der Waals surface area contributed by atoms with Gasteiger partial charge in [-0.1, -0.05) is 107 Å². The van der Waals surface area contributed by atoms with Gasteiger partial charge in [0.05, 0.1) is 13.2 Å². The fourth-order valence-electron chi connectivity index (χ4n) is 6.12. The predicted octanol–water partition coefficient (Wildman–Crippen LogP) is 9.62. The van der Waals surface area contributed by atoms with Crippen LogP contribution in [0.15, 0.2) is 48.5 Å². The summed E-state index contributed by atoms with van der Waals surface area (Å²) in [5, 5.41) is 0. The molecule has 1 saturated heterocycles. The van der Waals surface area contributed by atoms with Crippen LogP contribution in [-0.4, -0.2) is 13.2 Å².